The summed E-state index contributed by atoms with van der Waals surface area (Å²) < 4.78 is 6.79. The summed E-state index contributed by atoms with van der Waals surface area (Å²) >= 11 is 8.19. The van der Waals surface area contributed by atoms with Crippen molar-refractivity contribution in [2.24, 2.45) is 8.80 Å². The maximum atomic E-state index is 9.92. The molecule has 17 heavy (non-hydrogen) atoms. The summed E-state index contributed by atoms with van der Waals surface area (Å²) in [4.78, 5) is 19.8. The quantitative estimate of drug-likeness (QED) is 0.457. The normalized spacial score (nSPS) is 9.24. The molecule has 0 fully saturated rings. The van der Waals surface area contributed by atoms with Crippen LogP contribution in [0.4, 0.5) is 0 Å². The van der Waals surface area contributed by atoms with E-state index in [1.807, 2.05) is 12.1 Å². The van der Waals surface area contributed by atoms with Crippen molar-refractivity contribution in [1.82, 2.24) is 0 Å². The lowest BCUT2D eigenvalue weighted by molar-refractivity contribution is 0.565. The first-order chi connectivity index (χ1) is 8.27. The van der Waals surface area contributed by atoms with Crippen molar-refractivity contribution < 1.29 is 9.59 Å². The topological polar surface area (TPSA) is 58.9 Å². The van der Waals surface area contributed by atoms with Crippen LogP contribution in [0.15, 0.2) is 27.0 Å². The third-order valence-corrected chi connectivity index (χ3v) is 3.44. The van der Waals surface area contributed by atoms with Gasteiger partial charge in [0, 0.05) is 16.5 Å². The van der Waals surface area contributed by atoms with Crippen LogP contribution in [0.3, 0.4) is 0 Å². The lowest BCUT2D eigenvalue weighted by Gasteiger charge is -2.04. The van der Waals surface area contributed by atoms with Gasteiger partial charge in [-0.05, 0) is 41.1 Å². The van der Waals surface area contributed by atoms with Gasteiger partial charge in [-0.2, -0.15) is 0 Å². The molecule has 0 saturated heterocycles. The van der Waals surface area contributed by atoms with Gasteiger partial charge in [-0.1, -0.05) is 23.7 Å². The zero-order chi connectivity index (χ0) is 12.5. The summed E-state index contributed by atoms with van der Waals surface area (Å²) in [6.07, 6.45) is 2.90. The van der Waals surface area contributed by atoms with Crippen LogP contribution in [-0.2, 0) is 21.1 Å². The van der Waals surface area contributed by atoms with Crippen LogP contribution >= 0.6 is 35.5 Å². The number of hydrogen-bond donors (Lipinski definition) is 0. The zero-order valence-electron chi connectivity index (χ0n) is 8.55. The molecule has 1 aromatic rings. The summed E-state index contributed by atoms with van der Waals surface area (Å²) in [5, 5.41) is 0.617. The first-order valence-electron chi connectivity index (χ1n) is 4.43. The van der Waals surface area contributed by atoms with Crippen LogP contribution in [0.25, 0.3) is 0 Å². The molecule has 0 spiro atoms. The molecule has 7 heteroatoms. The Labute approximate surface area is 112 Å². The molecule has 0 aliphatic carbocycles. The predicted molar refractivity (Wildman–Crippen MR) is 70.3 cm³/mol. The Hall–Kier alpha value is -1.03. The van der Waals surface area contributed by atoms with Crippen molar-refractivity contribution in [2.75, 3.05) is 0 Å². The van der Waals surface area contributed by atoms with Crippen molar-refractivity contribution in [2.45, 2.75) is 11.5 Å². The van der Waals surface area contributed by atoms with Crippen LogP contribution < -0.4 is 0 Å². The van der Waals surface area contributed by atoms with E-state index in [0.29, 0.717) is 16.5 Å². The van der Waals surface area contributed by atoms with E-state index in [1.165, 1.54) is 12.2 Å². The van der Waals surface area contributed by atoms with Gasteiger partial charge in [-0.25, -0.2) is 9.59 Å². The van der Waals surface area contributed by atoms with E-state index in [0.717, 1.165) is 35.0 Å². The molecule has 88 valence electrons. The molecule has 0 bridgehead atoms. The summed E-state index contributed by atoms with van der Waals surface area (Å²) in [6.45, 7) is 0. The number of benzene rings is 1. The van der Waals surface area contributed by atoms with Gasteiger partial charge in [0.1, 0.15) is 0 Å². The molecule has 0 aliphatic rings. The molecular weight excluding hydrogens is 280 g/mol. The summed E-state index contributed by atoms with van der Waals surface area (Å²) in [5.41, 5.74) is 1.87. The largest absolute Gasteiger partial charge is 0.247 e. The van der Waals surface area contributed by atoms with Crippen LogP contribution in [0, 0.1) is 0 Å². The van der Waals surface area contributed by atoms with E-state index in [4.69, 9.17) is 11.6 Å². The van der Waals surface area contributed by atoms with Crippen molar-refractivity contribution in [3.63, 3.8) is 0 Å². The van der Waals surface area contributed by atoms with Gasteiger partial charge in [0.05, 0.1) is 0 Å². The number of hydrogen-bond acceptors (Lipinski definition) is 6. The highest BCUT2D eigenvalue weighted by molar-refractivity contribution is 7.97. The maximum Gasteiger partial charge on any atom is 0.247 e. The van der Waals surface area contributed by atoms with Crippen LogP contribution in [0.2, 0.25) is 5.02 Å². The Morgan fingerprint density at radius 2 is 1.76 bits per heavy atom. The van der Waals surface area contributed by atoms with E-state index in [2.05, 4.69) is 8.80 Å². The average Bonchev–Trinajstić information content (AvgIpc) is 2.33. The Kier molecular flexibility index (Phi) is 6.70. The van der Waals surface area contributed by atoms with Crippen molar-refractivity contribution >= 4 is 47.7 Å². The van der Waals surface area contributed by atoms with Crippen molar-refractivity contribution in [3.05, 3.63) is 34.3 Å². The molecule has 0 atom stereocenters. The van der Waals surface area contributed by atoms with E-state index >= 15 is 0 Å². The van der Waals surface area contributed by atoms with E-state index in [1.54, 1.807) is 6.07 Å². The first kappa shape index (κ1) is 14.0. The standard InChI is InChI=1S/C10H7ClN2O2S2/c11-10-2-1-8(4-16-12-6-14)3-9(10)5-17-13-7-15/h1-3H,4-5H2. The molecule has 0 N–H and O–H groups in total. The van der Waals surface area contributed by atoms with E-state index in [-0.39, 0.29) is 0 Å². The number of rotatable bonds is 6. The van der Waals surface area contributed by atoms with E-state index in [9.17, 15) is 9.59 Å². The summed E-state index contributed by atoms with van der Waals surface area (Å²) in [5.74, 6) is 1.07. The number of nitrogens with zero attached hydrogens (tertiary/aromatic N) is 2. The third-order valence-electron chi connectivity index (χ3n) is 1.77. The molecule has 1 rings (SSSR count). The van der Waals surface area contributed by atoms with Crippen LogP contribution in [-0.4, -0.2) is 12.2 Å². The minimum absolute atomic E-state index is 0.504. The monoisotopic (exact) mass is 286 g/mol. The minimum atomic E-state index is 0.504. The number of carbonyl (C=O) groups excluding carboxylic acids is 2. The van der Waals surface area contributed by atoms with Gasteiger partial charge in [0.15, 0.2) is 0 Å². The molecule has 0 aromatic heterocycles. The second kappa shape index (κ2) is 8.12. The molecule has 0 aliphatic heterocycles. The van der Waals surface area contributed by atoms with Crippen molar-refractivity contribution in [1.29, 1.82) is 0 Å². The SMILES string of the molecule is O=C=NSCc1ccc(Cl)c(CSN=C=O)c1. The molecule has 1 aromatic carbocycles. The van der Waals surface area contributed by atoms with E-state index < -0.39 is 0 Å². The number of isocyanates is 2. The summed E-state index contributed by atoms with van der Waals surface area (Å²) in [7, 11) is 0. The van der Waals surface area contributed by atoms with Gasteiger partial charge >= 0.3 is 0 Å². The molecule has 4 nitrogen and oxygen atoms in total. The van der Waals surface area contributed by atoms with Gasteiger partial charge in [0.2, 0.25) is 12.2 Å². The second-order valence-electron chi connectivity index (χ2n) is 2.84. The third kappa shape index (κ3) is 5.22. The van der Waals surface area contributed by atoms with Gasteiger partial charge in [-0.15, -0.1) is 8.80 Å². The molecule has 0 heterocycles. The fourth-order valence-electron chi connectivity index (χ4n) is 1.09. The average molecular weight is 287 g/mol. The fraction of sp³-hybridized carbons (Fsp3) is 0.200. The molecule has 0 radical (unpaired) electrons. The van der Waals surface area contributed by atoms with Crippen LogP contribution in [0.1, 0.15) is 11.1 Å². The molecular formula is C10H7ClN2O2S2. The second-order valence-corrected chi connectivity index (χ2v) is 4.70. The lowest BCUT2D eigenvalue weighted by atomic mass is 10.2. The molecule has 0 saturated carbocycles. The Bertz CT molecular complexity index is 483. The Morgan fingerprint density at radius 1 is 1.12 bits per heavy atom. The molecule has 0 amide bonds. The number of halogens is 1. The predicted octanol–water partition coefficient (Wildman–Crippen LogP) is 3.31. The minimum Gasteiger partial charge on any atom is -0.210 e. The smallest absolute Gasteiger partial charge is 0.210 e. The zero-order valence-corrected chi connectivity index (χ0v) is 10.9. The fourth-order valence-corrected chi connectivity index (χ4v) is 2.29. The highest BCUT2D eigenvalue weighted by atomic mass is 35.5. The lowest BCUT2D eigenvalue weighted by Crippen LogP contribution is -1.86. The van der Waals surface area contributed by atoms with Gasteiger partial charge in [-0.3, -0.25) is 0 Å². The highest BCUT2D eigenvalue weighted by Gasteiger charge is 2.02. The Morgan fingerprint density at radius 3 is 2.41 bits per heavy atom. The molecule has 0 unspecified atom stereocenters. The summed E-state index contributed by atoms with van der Waals surface area (Å²) in [6, 6.07) is 5.51. The highest BCUT2D eigenvalue weighted by Crippen LogP contribution is 2.24. The maximum absolute atomic E-state index is 9.92. The van der Waals surface area contributed by atoms with Crippen molar-refractivity contribution in [3.8, 4) is 0 Å². The van der Waals surface area contributed by atoms with Gasteiger partial charge < -0.3 is 0 Å². The first-order valence-corrected chi connectivity index (χ1v) is 6.70. The Balaban J connectivity index is 2.71. The van der Waals surface area contributed by atoms with Gasteiger partial charge in [0.25, 0.3) is 0 Å². The van der Waals surface area contributed by atoms with Crippen LogP contribution in [0.5, 0.6) is 0 Å².